The fourth-order valence-electron chi connectivity index (χ4n) is 1.59. The van der Waals surface area contributed by atoms with Crippen molar-refractivity contribution in [2.75, 3.05) is 14.2 Å². The minimum Gasteiger partial charge on any atom is -0.497 e. The van der Waals surface area contributed by atoms with Gasteiger partial charge >= 0.3 is 5.97 Å². The Morgan fingerprint density at radius 3 is 2.56 bits per heavy atom. The molecule has 1 aromatic heterocycles. The number of hydrogen-bond acceptors (Lipinski definition) is 4. The van der Waals surface area contributed by atoms with Crippen molar-refractivity contribution in [2.24, 2.45) is 0 Å². The summed E-state index contributed by atoms with van der Waals surface area (Å²) in [5.74, 6) is 0.344. The Labute approximate surface area is 105 Å². The highest BCUT2D eigenvalue weighted by molar-refractivity contribution is 5.87. The first-order valence-electron chi connectivity index (χ1n) is 5.43. The maximum atomic E-state index is 11.3. The summed E-state index contributed by atoms with van der Waals surface area (Å²) in [6.45, 7) is 0. The number of rotatable bonds is 3. The molecule has 0 fully saturated rings. The van der Waals surface area contributed by atoms with E-state index in [1.54, 1.807) is 19.4 Å². The van der Waals surface area contributed by atoms with Gasteiger partial charge in [-0.3, -0.25) is 0 Å². The zero-order valence-electron chi connectivity index (χ0n) is 10.2. The van der Waals surface area contributed by atoms with Crippen LogP contribution in [0.5, 0.6) is 5.75 Å². The topological polar surface area (TPSA) is 48.4 Å². The highest BCUT2D eigenvalue weighted by Crippen LogP contribution is 2.23. The number of esters is 1. The Bertz CT molecular complexity index is 549. The fourth-order valence-corrected chi connectivity index (χ4v) is 1.59. The fraction of sp³-hybridized carbons (Fsp3) is 0.143. The van der Waals surface area contributed by atoms with Gasteiger partial charge in [-0.1, -0.05) is 18.2 Å². The van der Waals surface area contributed by atoms with Gasteiger partial charge in [-0.25, -0.2) is 9.78 Å². The van der Waals surface area contributed by atoms with E-state index in [2.05, 4.69) is 9.72 Å². The van der Waals surface area contributed by atoms with Crippen LogP contribution in [0.25, 0.3) is 11.1 Å². The van der Waals surface area contributed by atoms with Crippen molar-refractivity contribution in [3.05, 3.63) is 48.3 Å². The molecule has 0 saturated heterocycles. The van der Waals surface area contributed by atoms with Gasteiger partial charge in [-0.15, -0.1) is 0 Å². The number of hydrogen-bond donors (Lipinski definition) is 0. The van der Waals surface area contributed by atoms with Crippen molar-refractivity contribution in [1.82, 2.24) is 4.98 Å². The Hall–Kier alpha value is -2.36. The molecule has 0 amide bonds. The summed E-state index contributed by atoms with van der Waals surface area (Å²) in [4.78, 5) is 15.3. The van der Waals surface area contributed by atoms with Crippen LogP contribution >= 0.6 is 0 Å². The predicted octanol–water partition coefficient (Wildman–Crippen LogP) is 2.54. The van der Waals surface area contributed by atoms with Crippen LogP contribution in [0.3, 0.4) is 0 Å². The summed E-state index contributed by atoms with van der Waals surface area (Å²) in [5, 5.41) is 0. The number of aromatic nitrogens is 1. The summed E-state index contributed by atoms with van der Waals surface area (Å²) in [5.41, 5.74) is 2.20. The van der Waals surface area contributed by atoms with Gasteiger partial charge < -0.3 is 9.47 Å². The summed E-state index contributed by atoms with van der Waals surface area (Å²) in [6.07, 6.45) is 1.64. The van der Waals surface area contributed by atoms with Crippen LogP contribution < -0.4 is 4.74 Å². The number of pyridine rings is 1. The minimum atomic E-state index is -0.438. The zero-order chi connectivity index (χ0) is 13.0. The molecule has 0 spiro atoms. The average Bonchev–Trinajstić information content (AvgIpc) is 2.46. The quantitative estimate of drug-likeness (QED) is 0.777. The highest BCUT2D eigenvalue weighted by atomic mass is 16.5. The number of carbonyl (C=O) groups excluding carboxylic acids is 1. The molecule has 0 bridgehead atoms. The Morgan fingerprint density at radius 1 is 1.11 bits per heavy atom. The molecule has 2 rings (SSSR count). The van der Waals surface area contributed by atoms with E-state index < -0.39 is 5.97 Å². The molecule has 0 aliphatic heterocycles. The molecule has 0 unspecified atom stereocenters. The summed E-state index contributed by atoms with van der Waals surface area (Å²) < 4.78 is 9.76. The van der Waals surface area contributed by atoms with Gasteiger partial charge in [0.15, 0.2) is 0 Å². The third kappa shape index (κ3) is 2.48. The van der Waals surface area contributed by atoms with Crippen LogP contribution in [0.4, 0.5) is 0 Å². The van der Waals surface area contributed by atoms with Crippen LogP contribution in [-0.2, 0) is 4.74 Å². The van der Waals surface area contributed by atoms with E-state index in [0.29, 0.717) is 5.69 Å². The molecular weight excluding hydrogens is 230 g/mol. The molecule has 1 aromatic carbocycles. The Balaban J connectivity index is 2.31. The van der Waals surface area contributed by atoms with Crippen LogP contribution in [0.15, 0.2) is 42.6 Å². The zero-order valence-corrected chi connectivity index (χ0v) is 10.2. The van der Waals surface area contributed by atoms with E-state index in [0.717, 1.165) is 16.9 Å². The molecule has 0 aliphatic carbocycles. The molecule has 0 atom stereocenters. The minimum absolute atomic E-state index is 0.296. The van der Waals surface area contributed by atoms with Crippen molar-refractivity contribution in [2.45, 2.75) is 0 Å². The van der Waals surface area contributed by atoms with Crippen molar-refractivity contribution in [3.63, 3.8) is 0 Å². The number of methoxy groups -OCH3 is 2. The van der Waals surface area contributed by atoms with Gasteiger partial charge in [-0.05, 0) is 23.8 Å². The summed E-state index contributed by atoms with van der Waals surface area (Å²) >= 11 is 0. The first-order chi connectivity index (χ1) is 8.74. The van der Waals surface area contributed by atoms with Crippen LogP contribution in [0, 0.1) is 0 Å². The van der Waals surface area contributed by atoms with E-state index in [4.69, 9.17) is 4.74 Å². The first-order valence-corrected chi connectivity index (χ1v) is 5.43. The standard InChI is InChI=1S/C14H13NO3/c1-17-12-5-3-4-10(8-12)11-6-7-13(15-9-11)14(16)18-2/h3-9H,1-2H3. The lowest BCUT2D eigenvalue weighted by molar-refractivity contribution is 0.0594. The second kappa shape index (κ2) is 5.31. The SMILES string of the molecule is COC(=O)c1ccc(-c2cccc(OC)c2)cn1. The largest absolute Gasteiger partial charge is 0.497 e. The smallest absolute Gasteiger partial charge is 0.356 e. The molecule has 4 heteroatoms. The molecule has 0 N–H and O–H groups in total. The maximum absolute atomic E-state index is 11.3. The number of benzene rings is 1. The van der Waals surface area contributed by atoms with Gasteiger partial charge in [0.1, 0.15) is 11.4 Å². The van der Waals surface area contributed by atoms with Gasteiger partial charge in [0.05, 0.1) is 14.2 Å². The molecule has 2 aromatic rings. The molecule has 1 heterocycles. The summed E-state index contributed by atoms with van der Waals surface area (Å²) in [6, 6.07) is 11.1. The third-order valence-electron chi connectivity index (χ3n) is 2.56. The number of nitrogens with zero attached hydrogens (tertiary/aromatic N) is 1. The lowest BCUT2D eigenvalue weighted by atomic mass is 10.1. The molecule has 0 radical (unpaired) electrons. The van der Waals surface area contributed by atoms with E-state index >= 15 is 0 Å². The highest BCUT2D eigenvalue weighted by Gasteiger charge is 2.07. The lowest BCUT2D eigenvalue weighted by Gasteiger charge is -2.05. The van der Waals surface area contributed by atoms with Crippen LogP contribution in [0.2, 0.25) is 0 Å². The predicted molar refractivity (Wildman–Crippen MR) is 67.6 cm³/mol. The van der Waals surface area contributed by atoms with Gasteiger partial charge in [-0.2, -0.15) is 0 Å². The number of carbonyl (C=O) groups is 1. The number of ether oxygens (including phenoxy) is 2. The lowest BCUT2D eigenvalue weighted by Crippen LogP contribution is -2.03. The molecule has 0 aliphatic rings. The van der Waals surface area contributed by atoms with Crippen molar-refractivity contribution < 1.29 is 14.3 Å². The van der Waals surface area contributed by atoms with Crippen molar-refractivity contribution >= 4 is 5.97 Å². The Kier molecular flexibility index (Phi) is 3.57. The molecule has 4 nitrogen and oxygen atoms in total. The van der Waals surface area contributed by atoms with Gasteiger partial charge in [0.25, 0.3) is 0 Å². The molecular formula is C14H13NO3. The van der Waals surface area contributed by atoms with Crippen molar-refractivity contribution in [1.29, 1.82) is 0 Å². The molecule has 0 saturated carbocycles. The van der Waals surface area contributed by atoms with Gasteiger partial charge in [0.2, 0.25) is 0 Å². The second-order valence-corrected chi connectivity index (χ2v) is 3.66. The van der Waals surface area contributed by atoms with E-state index in [-0.39, 0.29) is 0 Å². The monoisotopic (exact) mass is 243 g/mol. The first kappa shape index (κ1) is 12.1. The third-order valence-corrected chi connectivity index (χ3v) is 2.56. The van der Waals surface area contributed by atoms with Crippen molar-refractivity contribution in [3.8, 4) is 16.9 Å². The Morgan fingerprint density at radius 2 is 1.94 bits per heavy atom. The van der Waals surface area contributed by atoms with E-state index in [1.165, 1.54) is 7.11 Å². The summed E-state index contributed by atoms with van der Waals surface area (Å²) in [7, 11) is 2.96. The second-order valence-electron chi connectivity index (χ2n) is 3.66. The van der Waals surface area contributed by atoms with Crippen LogP contribution in [0.1, 0.15) is 10.5 Å². The van der Waals surface area contributed by atoms with E-state index in [1.807, 2.05) is 30.3 Å². The maximum Gasteiger partial charge on any atom is 0.356 e. The van der Waals surface area contributed by atoms with Gasteiger partial charge in [0, 0.05) is 11.8 Å². The van der Waals surface area contributed by atoms with Crippen LogP contribution in [-0.4, -0.2) is 25.2 Å². The molecule has 92 valence electrons. The average molecular weight is 243 g/mol. The molecule has 18 heavy (non-hydrogen) atoms. The van der Waals surface area contributed by atoms with E-state index in [9.17, 15) is 4.79 Å². The normalized spacial score (nSPS) is 9.89.